The molecule has 0 spiro atoms. The number of carbonyl (C=O) groups excluding carboxylic acids is 1. The number of benzene rings is 2. The van der Waals surface area contributed by atoms with Gasteiger partial charge in [0.25, 0.3) is 0 Å². The van der Waals surface area contributed by atoms with E-state index < -0.39 is 26.0 Å². The van der Waals surface area contributed by atoms with Crippen LogP contribution >= 0.6 is 0 Å². The van der Waals surface area contributed by atoms with Crippen LogP contribution in [0, 0.1) is 5.92 Å². The molecule has 1 fully saturated rings. The number of nitrogens with one attached hydrogen (secondary N) is 2. The van der Waals surface area contributed by atoms with E-state index in [1.807, 2.05) is 0 Å². The monoisotopic (exact) mass is 525 g/mol. The highest BCUT2D eigenvalue weighted by molar-refractivity contribution is 7.89. The van der Waals surface area contributed by atoms with Crippen molar-refractivity contribution < 1.29 is 31.1 Å². The van der Waals surface area contributed by atoms with Crippen LogP contribution in [0.5, 0.6) is 11.5 Å². The summed E-state index contributed by atoms with van der Waals surface area (Å²) >= 11 is 0. The summed E-state index contributed by atoms with van der Waals surface area (Å²) < 4.78 is 65.2. The number of rotatable bonds is 9. The molecule has 1 saturated heterocycles. The number of nitrogens with zero attached hydrogens (tertiary/aromatic N) is 1. The van der Waals surface area contributed by atoms with E-state index in [2.05, 4.69) is 10.0 Å². The van der Waals surface area contributed by atoms with E-state index in [9.17, 15) is 21.6 Å². The highest BCUT2D eigenvalue weighted by Crippen LogP contribution is 2.30. The molecule has 1 heterocycles. The zero-order chi connectivity index (χ0) is 25.8. The second kappa shape index (κ2) is 10.9. The van der Waals surface area contributed by atoms with Gasteiger partial charge in [0.05, 0.1) is 29.7 Å². The molecule has 2 aromatic rings. The lowest BCUT2D eigenvalue weighted by Gasteiger charge is -2.30. The number of methoxy groups -OCH3 is 2. The van der Waals surface area contributed by atoms with Gasteiger partial charge in [0, 0.05) is 25.0 Å². The first-order valence-electron chi connectivity index (χ1n) is 11.1. The van der Waals surface area contributed by atoms with Crippen LogP contribution in [-0.2, 0) is 24.8 Å². The molecule has 35 heavy (non-hydrogen) atoms. The standard InChI is InChI=1S/C23H31N3O7S2/c1-16(2)25-34(28,29)20-9-10-22(33-4)21(15-20)24-23(27)17-11-13-26(14-12-17)35(30,31)19-7-5-18(32-3)6-8-19/h5-10,15-17,25H,11-14H2,1-4H3,(H,24,27). The smallest absolute Gasteiger partial charge is 0.243 e. The van der Waals surface area contributed by atoms with E-state index in [4.69, 9.17) is 9.47 Å². The Bertz CT molecular complexity index is 1250. The Kier molecular flexibility index (Phi) is 8.42. The van der Waals surface area contributed by atoms with Crippen molar-refractivity contribution in [3.8, 4) is 11.5 Å². The summed E-state index contributed by atoms with van der Waals surface area (Å²) in [6, 6.07) is 10.1. The normalized spacial score (nSPS) is 15.7. The largest absolute Gasteiger partial charge is 0.497 e. The van der Waals surface area contributed by atoms with Crippen LogP contribution in [0.2, 0.25) is 0 Å². The molecule has 3 rings (SSSR count). The summed E-state index contributed by atoms with van der Waals surface area (Å²) in [6.45, 7) is 3.81. The van der Waals surface area contributed by atoms with Crippen molar-refractivity contribution in [3.63, 3.8) is 0 Å². The van der Waals surface area contributed by atoms with Gasteiger partial charge >= 0.3 is 0 Å². The van der Waals surface area contributed by atoms with Gasteiger partial charge in [-0.2, -0.15) is 4.31 Å². The molecular weight excluding hydrogens is 494 g/mol. The molecule has 0 atom stereocenters. The Labute approximate surface area is 206 Å². The Balaban J connectivity index is 1.69. The van der Waals surface area contributed by atoms with Gasteiger partial charge in [-0.25, -0.2) is 21.6 Å². The fraction of sp³-hybridized carbons (Fsp3) is 0.435. The Morgan fingerprint density at radius 3 is 2.09 bits per heavy atom. The van der Waals surface area contributed by atoms with Gasteiger partial charge in [-0.3, -0.25) is 4.79 Å². The Hall–Kier alpha value is -2.67. The van der Waals surface area contributed by atoms with Crippen LogP contribution in [0.3, 0.4) is 0 Å². The second-order valence-corrected chi connectivity index (χ2v) is 12.1. The van der Waals surface area contributed by atoms with Crippen molar-refractivity contribution in [2.45, 2.75) is 42.5 Å². The first kappa shape index (κ1) is 26.9. The number of anilines is 1. The van der Waals surface area contributed by atoms with Crippen molar-refractivity contribution in [1.82, 2.24) is 9.03 Å². The molecule has 0 aromatic heterocycles. The summed E-state index contributed by atoms with van der Waals surface area (Å²) in [5.41, 5.74) is 0.234. The number of ether oxygens (including phenoxy) is 2. The van der Waals surface area contributed by atoms with Crippen LogP contribution < -0.4 is 19.5 Å². The van der Waals surface area contributed by atoms with Crippen molar-refractivity contribution in [1.29, 1.82) is 0 Å². The first-order valence-corrected chi connectivity index (χ1v) is 14.1. The van der Waals surface area contributed by atoms with E-state index in [-0.39, 0.29) is 40.5 Å². The average Bonchev–Trinajstić information content (AvgIpc) is 2.83. The third-order valence-corrected chi connectivity index (χ3v) is 9.22. The number of amides is 1. The molecule has 0 bridgehead atoms. The lowest BCUT2D eigenvalue weighted by Crippen LogP contribution is -2.41. The third kappa shape index (κ3) is 6.31. The molecule has 10 nitrogen and oxygen atoms in total. The van der Waals surface area contributed by atoms with Crippen molar-refractivity contribution in [2.75, 3.05) is 32.6 Å². The van der Waals surface area contributed by atoms with Gasteiger partial charge in [0.1, 0.15) is 11.5 Å². The van der Waals surface area contributed by atoms with Crippen LogP contribution in [0.15, 0.2) is 52.3 Å². The van der Waals surface area contributed by atoms with Crippen molar-refractivity contribution >= 4 is 31.6 Å². The maximum Gasteiger partial charge on any atom is 0.243 e. The maximum atomic E-state index is 13.0. The predicted octanol–water partition coefficient (Wildman–Crippen LogP) is 2.43. The molecule has 1 aliphatic heterocycles. The molecule has 1 amide bonds. The van der Waals surface area contributed by atoms with E-state index in [1.165, 1.54) is 48.9 Å². The number of carbonyl (C=O) groups is 1. The summed E-state index contributed by atoms with van der Waals surface area (Å²) in [5, 5.41) is 2.76. The van der Waals surface area contributed by atoms with Gasteiger partial charge < -0.3 is 14.8 Å². The maximum absolute atomic E-state index is 13.0. The molecule has 2 aromatic carbocycles. The zero-order valence-corrected chi connectivity index (χ0v) is 21.8. The number of piperidine rings is 1. The summed E-state index contributed by atoms with van der Waals surface area (Å²) in [4.78, 5) is 13.1. The summed E-state index contributed by atoms with van der Waals surface area (Å²) in [5.74, 6) is 0.125. The lowest BCUT2D eigenvalue weighted by atomic mass is 9.97. The molecule has 192 valence electrons. The minimum atomic E-state index is -3.76. The highest BCUT2D eigenvalue weighted by atomic mass is 32.2. The average molecular weight is 526 g/mol. The van der Waals surface area contributed by atoms with Crippen LogP contribution in [0.4, 0.5) is 5.69 Å². The third-order valence-electron chi connectivity index (χ3n) is 5.65. The van der Waals surface area contributed by atoms with Gasteiger partial charge in [-0.1, -0.05) is 0 Å². The number of hydrogen-bond acceptors (Lipinski definition) is 7. The molecule has 1 aliphatic rings. The lowest BCUT2D eigenvalue weighted by molar-refractivity contribution is -0.120. The van der Waals surface area contributed by atoms with E-state index in [0.29, 0.717) is 24.3 Å². The van der Waals surface area contributed by atoms with E-state index in [0.717, 1.165) is 0 Å². The molecule has 12 heteroatoms. The van der Waals surface area contributed by atoms with Gasteiger partial charge in [-0.15, -0.1) is 0 Å². The SMILES string of the molecule is COc1ccc(S(=O)(=O)N2CCC(C(=O)Nc3cc(S(=O)(=O)NC(C)C)ccc3OC)CC2)cc1. The molecule has 0 saturated carbocycles. The Morgan fingerprint density at radius 2 is 1.54 bits per heavy atom. The van der Waals surface area contributed by atoms with Crippen LogP contribution in [0.1, 0.15) is 26.7 Å². The van der Waals surface area contributed by atoms with Crippen molar-refractivity contribution in [3.05, 3.63) is 42.5 Å². The van der Waals surface area contributed by atoms with Crippen LogP contribution in [0.25, 0.3) is 0 Å². The molecule has 0 radical (unpaired) electrons. The molecule has 2 N–H and O–H groups in total. The van der Waals surface area contributed by atoms with E-state index in [1.54, 1.807) is 26.0 Å². The fourth-order valence-corrected chi connectivity index (χ4v) is 6.57. The molecule has 0 aliphatic carbocycles. The second-order valence-electron chi connectivity index (χ2n) is 8.48. The van der Waals surface area contributed by atoms with Gasteiger partial charge in [-0.05, 0) is 69.2 Å². The first-order chi connectivity index (χ1) is 16.5. The van der Waals surface area contributed by atoms with Crippen molar-refractivity contribution in [2.24, 2.45) is 5.92 Å². The summed E-state index contributed by atoms with van der Waals surface area (Å²) in [7, 11) is -4.51. The predicted molar refractivity (Wildman–Crippen MR) is 132 cm³/mol. The molecular formula is C23H31N3O7S2. The minimum absolute atomic E-state index is 0.00250. The van der Waals surface area contributed by atoms with Gasteiger partial charge in [0.15, 0.2) is 0 Å². The minimum Gasteiger partial charge on any atom is -0.497 e. The zero-order valence-electron chi connectivity index (χ0n) is 20.1. The fourth-order valence-electron chi connectivity index (χ4n) is 3.82. The Morgan fingerprint density at radius 1 is 0.943 bits per heavy atom. The topological polar surface area (TPSA) is 131 Å². The van der Waals surface area contributed by atoms with E-state index >= 15 is 0 Å². The quantitative estimate of drug-likeness (QED) is 0.514. The summed E-state index contributed by atoms with van der Waals surface area (Å²) in [6.07, 6.45) is 0.660. The highest BCUT2D eigenvalue weighted by Gasteiger charge is 2.32. The van der Waals surface area contributed by atoms with Gasteiger partial charge in [0.2, 0.25) is 26.0 Å². The van der Waals surface area contributed by atoms with Crippen LogP contribution in [-0.4, -0.2) is 60.4 Å². The molecule has 0 unspecified atom stereocenters. The number of sulfonamides is 2. The number of hydrogen-bond donors (Lipinski definition) is 2.